The molecule has 0 atom stereocenters. The molecule has 0 amide bonds. The highest BCUT2D eigenvalue weighted by molar-refractivity contribution is 6.73. The summed E-state index contributed by atoms with van der Waals surface area (Å²) in [6.07, 6.45) is 2.01. The Labute approximate surface area is 102 Å². The summed E-state index contributed by atoms with van der Waals surface area (Å²) in [6.45, 7) is 17.0. The van der Waals surface area contributed by atoms with E-state index < -0.39 is 8.56 Å². The van der Waals surface area contributed by atoms with E-state index in [0.717, 1.165) is 6.04 Å². The molecule has 0 heterocycles. The van der Waals surface area contributed by atoms with Crippen LogP contribution in [0.3, 0.4) is 0 Å². The van der Waals surface area contributed by atoms with Crippen molar-refractivity contribution >= 4 is 8.56 Å². The Balaban J connectivity index is 4.79. The molecule has 96 valence electrons. The summed E-state index contributed by atoms with van der Waals surface area (Å²) in [7, 11) is -1.85. The second kappa shape index (κ2) is 7.22. The molecular formula is C12H29N3Si. The van der Waals surface area contributed by atoms with Crippen molar-refractivity contribution < 1.29 is 0 Å². The molecule has 0 aromatic heterocycles. The molecule has 0 aromatic carbocycles. The van der Waals surface area contributed by atoms with Crippen LogP contribution in [0.25, 0.3) is 0 Å². The van der Waals surface area contributed by atoms with Gasteiger partial charge >= 0.3 is 0 Å². The van der Waals surface area contributed by atoms with Crippen LogP contribution in [0.2, 0.25) is 6.04 Å². The fraction of sp³-hybridized carbons (Fsp3) is 0.833. The van der Waals surface area contributed by atoms with E-state index in [1.165, 1.54) is 0 Å². The van der Waals surface area contributed by atoms with Crippen LogP contribution < -0.4 is 14.9 Å². The van der Waals surface area contributed by atoms with Crippen molar-refractivity contribution in [1.82, 2.24) is 14.9 Å². The van der Waals surface area contributed by atoms with Crippen molar-refractivity contribution in [3.63, 3.8) is 0 Å². The van der Waals surface area contributed by atoms with E-state index in [0.29, 0.717) is 18.1 Å². The first kappa shape index (κ1) is 15.8. The molecule has 0 fully saturated rings. The van der Waals surface area contributed by atoms with Gasteiger partial charge in [0.15, 0.2) is 0 Å². The highest BCUT2D eigenvalue weighted by atomic mass is 28.4. The van der Waals surface area contributed by atoms with Crippen LogP contribution in [0, 0.1) is 0 Å². The molecule has 3 N–H and O–H groups in total. The molecule has 0 aliphatic carbocycles. The van der Waals surface area contributed by atoms with Gasteiger partial charge in [0.25, 0.3) is 8.56 Å². The van der Waals surface area contributed by atoms with Gasteiger partial charge in [-0.2, -0.15) is 0 Å². The van der Waals surface area contributed by atoms with E-state index in [4.69, 9.17) is 0 Å². The standard InChI is InChI=1S/C12H29N3Si/c1-8-9-16(13-10(2)3,14-11(4)5)15-12(6)7/h8,10-15H,1,9H2,2-7H3. The van der Waals surface area contributed by atoms with Crippen LogP contribution in [0.5, 0.6) is 0 Å². The quantitative estimate of drug-likeness (QED) is 0.451. The maximum Gasteiger partial charge on any atom is 0.285 e. The van der Waals surface area contributed by atoms with Gasteiger partial charge in [-0.3, -0.25) is 0 Å². The van der Waals surface area contributed by atoms with Gasteiger partial charge in [-0.1, -0.05) is 47.6 Å². The summed E-state index contributed by atoms with van der Waals surface area (Å²) in [6, 6.07) is 2.42. The Kier molecular flexibility index (Phi) is 7.15. The molecular weight excluding hydrogens is 214 g/mol. The van der Waals surface area contributed by atoms with Crippen LogP contribution >= 0.6 is 0 Å². The topological polar surface area (TPSA) is 36.1 Å². The summed E-state index contributed by atoms with van der Waals surface area (Å²) >= 11 is 0. The fourth-order valence-electron chi connectivity index (χ4n) is 2.00. The van der Waals surface area contributed by atoms with Gasteiger partial charge in [0, 0.05) is 6.04 Å². The Hall–Kier alpha value is -0.163. The number of rotatable bonds is 8. The highest BCUT2D eigenvalue weighted by Gasteiger charge is 2.34. The smallest absolute Gasteiger partial charge is 0.285 e. The maximum atomic E-state index is 3.88. The van der Waals surface area contributed by atoms with Gasteiger partial charge in [0.2, 0.25) is 0 Å². The molecule has 4 heteroatoms. The number of hydrogen-bond acceptors (Lipinski definition) is 3. The zero-order valence-electron chi connectivity index (χ0n) is 11.7. The minimum absolute atomic E-state index is 0.476. The molecule has 0 radical (unpaired) electrons. The average Bonchev–Trinajstić information content (AvgIpc) is 1.98. The lowest BCUT2D eigenvalue weighted by Gasteiger charge is -2.38. The lowest BCUT2D eigenvalue weighted by Crippen LogP contribution is -2.75. The Morgan fingerprint density at radius 1 is 0.875 bits per heavy atom. The first-order chi connectivity index (χ1) is 7.31. The minimum Gasteiger partial charge on any atom is -0.311 e. The van der Waals surface area contributed by atoms with Crippen LogP contribution in [0.4, 0.5) is 0 Å². The summed E-state index contributed by atoms with van der Waals surface area (Å²) in [5.41, 5.74) is 0. The van der Waals surface area contributed by atoms with Crippen molar-refractivity contribution in [2.45, 2.75) is 65.7 Å². The van der Waals surface area contributed by atoms with Gasteiger partial charge in [-0.15, -0.1) is 6.58 Å². The molecule has 0 rings (SSSR count). The van der Waals surface area contributed by atoms with E-state index in [9.17, 15) is 0 Å². The lowest BCUT2D eigenvalue weighted by atomic mass is 10.4. The molecule has 0 aliphatic rings. The van der Waals surface area contributed by atoms with E-state index in [1.54, 1.807) is 0 Å². The predicted octanol–water partition coefficient (Wildman–Crippen LogP) is 2.11. The fourth-order valence-corrected chi connectivity index (χ4v) is 5.99. The third-order valence-corrected chi connectivity index (χ3v) is 6.17. The Bertz CT molecular complexity index is 176. The van der Waals surface area contributed by atoms with Crippen LogP contribution in [-0.4, -0.2) is 26.7 Å². The van der Waals surface area contributed by atoms with Gasteiger partial charge in [0.05, 0.1) is 0 Å². The van der Waals surface area contributed by atoms with Crippen molar-refractivity contribution in [3.05, 3.63) is 12.7 Å². The summed E-state index contributed by atoms with van der Waals surface area (Å²) < 4.78 is 0. The maximum absolute atomic E-state index is 3.88. The minimum atomic E-state index is -1.85. The monoisotopic (exact) mass is 243 g/mol. The van der Waals surface area contributed by atoms with Crippen molar-refractivity contribution in [3.8, 4) is 0 Å². The zero-order valence-corrected chi connectivity index (χ0v) is 12.7. The molecule has 0 aliphatic heterocycles. The van der Waals surface area contributed by atoms with Crippen molar-refractivity contribution in [1.29, 1.82) is 0 Å². The lowest BCUT2D eigenvalue weighted by molar-refractivity contribution is 0.599. The van der Waals surface area contributed by atoms with Crippen LogP contribution in [0.15, 0.2) is 12.7 Å². The number of hydrogen-bond donors (Lipinski definition) is 3. The first-order valence-corrected chi connectivity index (χ1v) is 8.46. The highest BCUT2D eigenvalue weighted by Crippen LogP contribution is 2.04. The molecule has 0 saturated carbocycles. The van der Waals surface area contributed by atoms with Gasteiger partial charge < -0.3 is 14.9 Å². The number of allylic oxidation sites excluding steroid dienone is 1. The van der Waals surface area contributed by atoms with Gasteiger partial charge in [0.1, 0.15) is 0 Å². The van der Waals surface area contributed by atoms with Crippen LogP contribution in [0.1, 0.15) is 41.5 Å². The Morgan fingerprint density at radius 2 is 1.19 bits per heavy atom. The third kappa shape index (κ3) is 6.43. The molecule has 0 unspecified atom stereocenters. The van der Waals surface area contributed by atoms with Gasteiger partial charge in [-0.05, 0) is 18.1 Å². The van der Waals surface area contributed by atoms with Crippen molar-refractivity contribution in [2.24, 2.45) is 0 Å². The predicted molar refractivity (Wildman–Crippen MR) is 75.6 cm³/mol. The third-order valence-electron chi connectivity index (χ3n) is 2.06. The van der Waals surface area contributed by atoms with E-state index >= 15 is 0 Å². The first-order valence-electron chi connectivity index (χ1n) is 6.25. The van der Waals surface area contributed by atoms with E-state index in [2.05, 4.69) is 63.1 Å². The second-order valence-corrected chi connectivity index (χ2v) is 8.38. The van der Waals surface area contributed by atoms with Crippen molar-refractivity contribution in [2.75, 3.05) is 0 Å². The number of nitrogens with one attached hydrogen (secondary N) is 3. The molecule has 0 bridgehead atoms. The summed E-state index contributed by atoms with van der Waals surface area (Å²) in [5, 5.41) is 0. The second-order valence-electron chi connectivity index (χ2n) is 5.30. The molecule has 3 nitrogen and oxygen atoms in total. The van der Waals surface area contributed by atoms with E-state index in [-0.39, 0.29) is 0 Å². The Morgan fingerprint density at radius 3 is 1.38 bits per heavy atom. The largest absolute Gasteiger partial charge is 0.311 e. The zero-order chi connectivity index (χ0) is 12.8. The molecule has 16 heavy (non-hydrogen) atoms. The molecule has 0 aromatic rings. The SMILES string of the molecule is C=CC[Si](NC(C)C)(NC(C)C)NC(C)C. The molecule has 0 saturated heterocycles. The summed E-state index contributed by atoms with van der Waals surface area (Å²) in [4.78, 5) is 11.1. The summed E-state index contributed by atoms with van der Waals surface area (Å²) in [5.74, 6) is 0. The molecule has 0 spiro atoms. The average molecular weight is 243 g/mol. The van der Waals surface area contributed by atoms with E-state index in [1.807, 2.05) is 6.08 Å². The van der Waals surface area contributed by atoms with Gasteiger partial charge in [-0.25, -0.2) is 0 Å². The normalized spacial score (nSPS) is 12.8. The van der Waals surface area contributed by atoms with Crippen LogP contribution in [-0.2, 0) is 0 Å².